The van der Waals surface area contributed by atoms with Crippen LogP contribution in [0.5, 0.6) is 0 Å². The smallest absolute Gasteiger partial charge is 0.235 e. The van der Waals surface area contributed by atoms with Crippen molar-refractivity contribution in [3.05, 3.63) is 0 Å². The molecule has 2 N–H and O–H groups in total. The lowest BCUT2D eigenvalue weighted by Crippen LogP contribution is -2.50. The quantitative estimate of drug-likeness (QED) is 0.686. The molecule has 2 aliphatic rings. The zero-order valence-electron chi connectivity index (χ0n) is 15.3. The summed E-state index contributed by atoms with van der Waals surface area (Å²) in [6, 6.07) is 2.27. The predicted molar refractivity (Wildman–Crippen MR) is 93.2 cm³/mol. The van der Waals surface area contributed by atoms with Gasteiger partial charge in [0.2, 0.25) is 5.91 Å². The lowest BCUT2D eigenvalue weighted by atomic mass is 9.96. The minimum atomic E-state index is -0.704. The van der Waals surface area contributed by atoms with E-state index in [4.69, 9.17) is 0 Å². The average molecular weight is 336 g/mol. The van der Waals surface area contributed by atoms with Gasteiger partial charge in [0, 0.05) is 13.1 Å². The molecule has 1 saturated carbocycles. The summed E-state index contributed by atoms with van der Waals surface area (Å²) < 4.78 is 0. The highest BCUT2D eigenvalue weighted by atomic mass is 16.3. The summed E-state index contributed by atoms with van der Waals surface area (Å²) >= 11 is 0. The maximum absolute atomic E-state index is 12.2. The molecule has 1 amide bonds. The van der Waals surface area contributed by atoms with Crippen LogP contribution in [0.25, 0.3) is 0 Å². The van der Waals surface area contributed by atoms with Crippen LogP contribution in [0.4, 0.5) is 0 Å². The van der Waals surface area contributed by atoms with Gasteiger partial charge in [-0.1, -0.05) is 0 Å². The first kappa shape index (κ1) is 19.2. The molecule has 0 spiro atoms. The number of β-amino-alcohol motifs (C(OH)–C–C–N with tert-alkyl or cyclic N) is 1. The van der Waals surface area contributed by atoms with Crippen LogP contribution in [-0.4, -0.2) is 72.2 Å². The topological polar surface area (TPSA) is 79.6 Å². The third kappa shape index (κ3) is 5.73. The zero-order valence-corrected chi connectivity index (χ0v) is 15.3. The first-order valence-electron chi connectivity index (χ1n) is 9.13. The normalized spacial score (nSPS) is 23.5. The molecule has 2 atom stereocenters. The van der Waals surface area contributed by atoms with Crippen molar-refractivity contribution < 1.29 is 9.90 Å². The van der Waals surface area contributed by atoms with E-state index in [9.17, 15) is 15.2 Å². The summed E-state index contributed by atoms with van der Waals surface area (Å²) in [6.07, 6.45) is 4.01. The Morgan fingerprint density at radius 1 is 1.42 bits per heavy atom. The lowest BCUT2D eigenvalue weighted by molar-refractivity contribution is -0.123. The van der Waals surface area contributed by atoms with Crippen molar-refractivity contribution in [2.24, 2.45) is 11.8 Å². The molecule has 0 unspecified atom stereocenters. The Bertz CT molecular complexity index is 464. The van der Waals surface area contributed by atoms with E-state index in [0.717, 1.165) is 51.9 Å². The van der Waals surface area contributed by atoms with Gasteiger partial charge in [-0.25, -0.2) is 0 Å². The van der Waals surface area contributed by atoms with Crippen LogP contribution in [0.1, 0.15) is 39.5 Å². The molecule has 136 valence electrons. The van der Waals surface area contributed by atoms with Crippen LogP contribution in [0.2, 0.25) is 0 Å². The van der Waals surface area contributed by atoms with Crippen LogP contribution >= 0.6 is 0 Å². The number of aliphatic hydroxyl groups excluding tert-OH is 1. The Morgan fingerprint density at radius 3 is 2.54 bits per heavy atom. The van der Waals surface area contributed by atoms with E-state index in [2.05, 4.69) is 21.2 Å². The number of nitrogens with one attached hydrogen (secondary N) is 1. The third-order valence-electron chi connectivity index (χ3n) is 5.24. The van der Waals surface area contributed by atoms with Crippen molar-refractivity contribution in [3.63, 3.8) is 0 Å². The monoisotopic (exact) mass is 336 g/mol. The molecule has 0 radical (unpaired) electrons. The molecular weight excluding hydrogens is 304 g/mol. The van der Waals surface area contributed by atoms with Crippen molar-refractivity contribution >= 4 is 5.91 Å². The van der Waals surface area contributed by atoms with Crippen LogP contribution in [0.3, 0.4) is 0 Å². The summed E-state index contributed by atoms with van der Waals surface area (Å²) in [5, 5.41) is 21.7. The molecule has 2 rings (SSSR count). The highest BCUT2D eigenvalue weighted by Gasteiger charge is 2.43. The van der Waals surface area contributed by atoms with E-state index in [0.29, 0.717) is 18.4 Å². The molecule has 2 fully saturated rings. The molecule has 1 saturated heterocycles. The number of hydrogen-bond donors (Lipinski definition) is 2. The molecule has 0 bridgehead atoms. The summed E-state index contributed by atoms with van der Waals surface area (Å²) in [5.74, 6) is 0.855. The highest BCUT2D eigenvalue weighted by Crippen LogP contribution is 2.39. The van der Waals surface area contributed by atoms with Gasteiger partial charge in [-0.3, -0.25) is 9.69 Å². The number of amides is 1. The first-order valence-corrected chi connectivity index (χ1v) is 9.13. The Hall–Kier alpha value is -1.16. The van der Waals surface area contributed by atoms with Crippen molar-refractivity contribution in [3.8, 4) is 6.07 Å². The number of carbonyl (C=O) groups is 1. The van der Waals surface area contributed by atoms with Gasteiger partial charge in [0.05, 0.1) is 18.7 Å². The van der Waals surface area contributed by atoms with E-state index in [1.54, 1.807) is 0 Å². The van der Waals surface area contributed by atoms with E-state index in [1.807, 2.05) is 20.9 Å². The van der Waals surface area contributed by atoms with E-state index < -0.39 is 5.54 Å². The lowest BCUT2D eigenvalue weighted by Gasteiger charge is -2.34. The van der Waals surface area contributed by atoms with Gasteiger partial charge in [-0.2, -0.15) is 5.26 Å². The number of carbonyl (C=O) groups excluding carboxylic acids is 1. The van der Waals surface area contributed by atoms with Crippen molar-refractivity contribution in [2.45, 2.75) is 51.2 Å². The number of nitriles is 1. The molecular formula is C18H32N4O2. The second kappa shape index (κ2) is 8.28. The Labute approximate surface area is 145 Å². The minimum absolute atomic E-state index is 0.0556. The van der Waals surface area contributed by atoms with Gasteiger partial charge in [-0.15, -0.1) is 0 Å². The van der Waals surface area contributed by atoms with Crippen LogP contribution in [-0.2, 0) is 4.79 Å². The predicted octanol–water partition coefficient (Wildman–Crippen LogP) is 0.819. The largest absolute Gasteiger partial charge is 0.392 e. The molecule has 1 heterocycles. The number of likely N-dealkylation sites (N-methyl/N-ethyl adjacent to an activating group) is 1. The average Bonchev–Trinajstić information content (AvgIpc) is 3.33. The van der Waals surface area contributed by atoms with Crippen LogP contribution in [0.15, 0.2) is 0 Å². The van der Waals surface area contributed by atoms with E-state index in [-0.39, 0.29) is 12.0 Å². The fraction of sp³-hybridized carbons (Fsp3) is 0.889. The van der Waals surface area contributed by atoms with Crippen LogP contribution < -0.4 is 5.32 Å². The standard InChI is InChI=1S/C18H32N4O2/c1-14(23)10-22-8-6-15(7-9-22)11-21(3)12-17(24)20-18(2,13-19)16-4-5-16/h14-16,23H,4-12H2,1-3H3,(H,20,24)/t14-,18+/m1/s1. The molecule has 24 heavy (non-hydrogen) atoms. The number of rotatable bonds is 8. The van der Waals surface area contributed by atoms with Crippen molar-refractivity contribution in [1.29, 1.82) is 5.26 Å². The number of nitrogens with zero attached hydrogens (tertiary/aromatic N) is 3. The van der Waals surface area contributed by atoms with Gasteiger partial charge >= 0.3 is 0 Å². The molecule has 1 aliphatic carbocycles. The number of aliphatic hydroxyl groups is 1. The maximum atomic E-state index is 12.2. The van der Waals surface area contributed by atoms with Crippen molar-refractivity contribution in [2.75, 3.05) is 39.8 Å². The fourth-order valence-corrected chi connectivity index (χ4v) is 3.69. The molecule has 6 heteroatoms. The number of piperidine rings is 1. The molecule has 0 aromatic rings. The summed E-state index contributed by atoms with van der Waals surface area (Å²) in [5.41, 5.74) is -0.704. The Morgan fingerprint density at radius 2 is 2.04 bits per heavy atom. The van der Waals surface area contributed by atoms with E-state index in [1.165, 1.54) is 0 Å². The van der Waals surface area contributed by atoms with Gasteiger partial charge in [0.15, 0.2) is 0 Å². The number of hydrogen-bond acceptors (Lipinski definition) is 5. The summed E-state index contributed by atoms with van der Waals surface area (Å²) in [4.78, 5) is 16.6. The Kier molecular flexibility index (Phi) is 6.62. The molecule has 0 aromatic carbocycles. The van der Waals surface area contributed by atoms with Gasteiger partial charge < -0.3 is 15.3 Å². The zero-order chi connectivity index (χ0) is 17.7. The SMILES string of the molecule is C[C@@H](O)CN1CCC(CN(C)CC(=O)N[C@@](C)(C#N)C2CC2)CC1. The molecule has 6 nitrogen and oxygen atoms in total. The fourth-order valence-electron chi connectivity index (χ4n) is 3.69. The molecule has 1 aliphatic heterocycles. The molecule has 0 aromatic heterocycles. The second-order valence-corrected chi connectivity index (χ2v) is 7.93. The minimum Gasteiger partial charge on any atom is -0.392 e. The van der Waals surface area contributed by atoms with Crippen LogP contribution in [0, 0.1) is 23.2 Å². The van der Waals surface area contributed by atoms with Gasteiger partial charge in [0.1, 0.15) is 5.54 Å². The Balaban J connectivity index is 1.69. The maximum Gasteiger partial charge on any atom is 0.235 e. The van der Waals surface area contributed by atoms with Gasteiger partial charge in [-0.05, 0) is 71.5 Å². The second-order valence-electron chi connectivity index (χ2n) is 7.93. The summed E-state index contributed by atoms with van der Waals surface area (Å²) in [7, 11) is 1.97. The number of likely N-dealkylation sites (tertiary alicyclic amines) is 1. The van der Waals surface area contributed by atoms with Gasteiger partial charge in [0.25, 0.3) is 0 Å². The third-order valence-corrected chi connectivity index (χ3v) is 5.24. The van der Waals surface area contributed by atoms with E-state index >= 15 is 0 Å². The highest BCUT2D eigenvalue weighted by molar-refractivity contribution is 5.79. The van der Waals surface area contributed by atoms with Crippen molar-refractivity contribution in [1.82, 2.24) is 15.1 Å². The first-order chi connectivity index (χ1) is 11.3. The summed E-state index contributed by atoms with van der Waals surface area (Å²) in [6.45, 7) is 7.70.